The minimum Gasteiger partial charge on any atom is -0.464 e. The molecule has 0 amide bonds. The van der Waals surface area contributed by atoms with Crippen molar-refractivity contribution in [1.82, 2.24) is 9.78 Å². The lowest BCUT2D eigenvalue weighted by Gasteiger charge is -2.10. The molecule has 0 spiro atoms. The van der Waals surface area contributed by atoms with Crippen LogP contribution in [0.15, 0.2) is 33.7 Å². The first-order chi connectivity index (χ1) is 9.96. The van der Waals surface area contributed by atoms with E-state index in [0.29, 0.717) is 12.0 Å². The molecule has 6 heteroatoms. The molecule has 21 heavy (non-hydrogen) atoms. The maximum absolute atomic E-state index is 12.1. The number of aryl methyl sites for hydroxylation is 2. The van der Waals surface area contributed by atoms with Crippen LogP contribution < -0.4 is 5.43 Å². The van der Waals surface area contributed by atoms with Crippen molar-refractivity contribution in [3.05, 3.63) is 55.9 Å². The van der Waals surface area contributed by atoms with Crippen LogP contribution in [0.25, 0.3) is 5.69 Å². The van der Waals surface area contributed by atoms with Crippen molar-refractivity contribution < 1.29 is 9.53 Å². The van der Waals surface area contributed by atoms with Crippen molar-refractivity contribution in [3.63, 3.8) is 0 Å². The number of nitrogens with zero attached hydrogens (tertiary/aromatic N) is 2. The fraction of sp³-hybridized carbons (Fsp3) is 0.267. The third-order valence-corrected chi connectivity index (χ3v) is 3.50. The molecule has 0 radical (unpaired) electrons. The number of methoxy groups -OCH3 is 1. The van der Waals surface area contributed by atoms with Gasteiger partial charge in [0.15, 0.2) is 0 Å². The standard InChI is InChI=1S/C15H15BrN2O3/c1-4-10-8-18(12-6-9(2)5-11(16)7-12)17-13(14(10)19)15(20)21-3/h5-8H,4H2,1-3H3. The first kappa shape index (κ1) is 15.4. The molecule has 110 valence electrons. The van der Waals surface area contributed by atoms with Crippen molar-refractivity contribution in [1.29, 1.82) is 0 Å². The van der Waals surface area contributed by atoms with Gasteiger partial charge in [0.1, 0.15) is 0 Å². The fourth-order valence-electron chi connectivity index (χ4n) is 2.00. The topological polar surface area (TPSA) is 61.2 Å². The van der Waals surface area contributed by atoms with E-state index >= 15 is 0 Å². The van der Waals surface area contributed by atoms with Gasteiger partial charge in [0.25, 0.3) is 0 Å². The Hall–Kier alpha value is -1.95. The van der Waals surface area contributed by atoms with Crippen LogP contribution in [0.1, 0.15) is 28.5 Å². The van der Waals surface area contributed by atoms with Gasteiger partial charge in [0.2, 0.25) is 11.1 Å². The molecule has 0 aliphatic heterocycles. The lowest BCUT2D eigenvalue weighted by molar-refractivity contribution is 0.0590. The first-order valence-corrected chi connectivity index (χ1v) is 7.24. The Kier molecular flexibility index (Phi) is 4.57. The van der Waals surface area contributed by atoms with E-state index in [-0.39, 0.29) is 11.1 Å². The van der Waals surface area contributed by atoms with Crippen LogP contribution in [-0.4, -0.2) is 22.9 Å². The summed E-state index contributed by atoms with van der Waals surface area (Å²) >= 11 is 3.43. The third kappa shape index (κ3) is 3.21. The van der Waals surface area contributed by atoms with E-state index in [1.54, 1.807) is 6.20 Å². The van der Waals surface area contributed by atoms with Gasteiger partial charge >= 0.3 is 5.97 Å². The maximum atomic E-state index is 12.1. The maximum Gasteiger partial charge on any atom is 0.362 e. The van der Waals surface area contributed by atoms with E-state index in [1.165, 1.54) is 11.8 Å². The van der Waals surface area contributed by atoms with Crippen LogP contribution in [0, 0.1) is 6.92 Å². The van der Waals surface area contributed by atoms with Gasteiger partial charge < -0.3 is 4.74 Å². The Morgan fingerprint density at radius 1 is 1.38 bits per heavy atom. The summed E-state index contributed by atoms with van der Waals surface area (Å²) < 4.78 is 7.06. The van der Waals surface area contributed by atoms with E-state index < -0.39 is 5.97 Å². The summed E-state index contributed by atoms with van der Waals surface area (Å²) in [6.07, 6.45) is 2.16. The molecule has 0 fully saturated rings. The van der Waals surface area contributed by atoms with Crippen LogP contribution in [0.2, 0.25) is 0 Å². The molecule has 1 heterocycles. The number of benzene rings is 1. The predicted molar refractivity (Wildman–Crippen MR) is 83.0 cm³/mol. The summed E-state index contributed by atoms with van der Waals surface area (Å²) in [5, 5.41) is 4.11. The molecule has 1 aromatic heterocycles. The first-order valence-electron chi connectivity index (χ1n) is 6.45. The number of ether oxygens (including phenoxy) is 1. The van der Waals surface area contributed by atoms with Gasteiger partial charge in [-0.3, -0.25) is 4.79 Å². The van der Waals surface area contributed by atoms with Crippen molar-refractivity contribution in [2.75, 3.05) is 7.11 Å². The van der Waals surface area contributed by atoms with Crippen LogP contribution >= 0.6 is 15.9 Å². The number of carbonyl (C=O) groups is 1. The lowest BCUT2D eigenvalue weighted by atomic mass is 10.2. The van der Waals surface area contributed by atoms with Crippen molar-refractivity contribution in [3.8, 4) is 5.69 Å². The second kappa shape index (κ2) is 6.22. The van der Waals surface area contributed by atoms with Gasteiger partial charge in [-0.25, -0.2) is 9.48 Å². The zero-order valence-electron chi connectivity index (χ0n) is 12.0. The third-order valence-electron chi connectivity index (χ3n) is 3.04. The van der Waals surface area contributed by atoms with Crippen molar-refractivity contribution in [2.24, 2.45) is 0 Å². The quantitative estimate of drug-likeness (QED) is 0.798. The Balaban J connectivity index is 2.69. The number of halogens is 1. The summed E-state index contributed by atoms with van der Waals surface area (Å²) in [4.78, 5) is 23.8. The number of carbonyl (C=O) groups excluding carboxylic acids is 1. The Labute approximate surface area is 130 Å². The smallest absolute Gasteiger partial charge is 0.362 e. The van der Waals surface area contributed by atoms with Gasteiger partial charge in [-0.1, -0.05) is 22.9 Å². The number of rotatable bonds is 3. The minimum absolute atomic E-state index is 0.200. The van der Waals surface area contributed by atoms with E-state index in [0.717, 1.165) is 15.7 Å². The van der Waals surface area contributed by atoms with Crippen LogP contribution in [0.4, 0.5) is 0 Å². The zero-order chi connectivity index (χ0) is 15.6. The molecule has 2 aromatic rings. The summed E-state index contributed by atoms with van der Waals surface area (Å²) in [6.45, 7) is 3.81. The molecule has 0 aliphatic rings. The van der Waals surface area contributed by atoms with Gasteiger partial charge in [-0.2, -0.15) is 5.10 Å². The minimum atomic E-state index is -0.726. The number of aromatic nitrogens is 2. The Morgan fingerprint density at radius 3 is 2.67 bits per heavy atom. The molecular weight excluding hydrogens is 336 g/mol. The molecule has 0 atom stereocenters. The van der Waals surface area contributed by atoms with Crippen molar-refractivity contribution >= 4 is 21.9 Å². The number of hydrogen-bond donors (Lipinski definition) is 0. The largest absolute Gasteiger partial charge is 0.464 e. The van der Waals surface area contributed by atoms with E-state index in [2.05, 4.69) is 25.8 Å². The second-order valence-corrected chi connectivity index (χ2v) is 5.52. The van der Waals surface area contributed by atoms with Crippen LogP contribution in [-0.2, 0) is 11.2 Å². The molecular formula is C15H15BrN2O3. The summed E-state index contributed by atoms with van der Waals surface area (Å²) in [6, 6.07) is 5.75. The molecule has 0 saturated heterocycles. The molecule has 0 N–H and O–H groups in total. The Morgan fingerprint density at radius 2 is 2.10 bits per heavy atom. The fourth-order valence-corrected chi connectivity index (χ4v) is 2.60. The van der Waals surface area contributed by atoms with Crippen LogP contribution in [0.5, 0.6) is 0 Å². The highest BCUT2D eigenvalue weighted by atomic mass is 79.9. The number of esters is 1. The van der Waals surface area contributed by atoms with Gasteiger partial charge in [-0.15, -0.1) is 0 Å². The second-order valence-electron chi connectivity index (χ2n) is 4.61. The summed E-state index contributed by atoms with van der Waals surface area (Å²) in [7, 11) is 1.23. The lowest BCUT2D eigenvalue weighted by Crippen LogP contribution is -2.25. The van der Waals surface area contributed by atoms with E-state index in [4.69, 9.17) is 0 Å². The molecule has 1 aromatic carbocycles. The van der Waals surface area contributed by atoms with Crippen LogP contribution in [0.3, 0.4) is 0 Å². The number of hydrogen-bond acceptors (Lipinski definition) is 4. The molecule has 5 nitrogen and oxygen atoms in total. The zero-order valence-corrected chi connectivity index (χ0v) is 13.6. The Bertz CT molecular complexity index is 733. The highest BCUT2D eigenvalue weighted by Gasteiger charge is 2.17. The van der Waals surface area contributed by atoms with Crippen molar-refractivity contribution in [2.45, 2.75) is 20.3 Å². The summed E-state index contributed by atoms with van der Waals surface area (Å²) in [5.74, 6) is -0.726. The average molecular weight is 351 g/mol. The molecule has 0 saturated carbocycles. The highest BCUT2D eigenvalue weighted by Crippen LogP contribution is 2.18. The van der Waals surface area contributed by atoms with E-state index in [1.807, 2.05) is 32.0 Å². The predicted octanol–water partition coefficient (Wildman–Crippen LogP) is 2.65. The SMILES string of the molecule is CCc1cn(-c2cc(C)cc(Br)c2)nc(C(=O)OC)c1=O. The average Bonchev–Trinajstić information content (AvgIpc) is 2.45. The molecule has 0 aliphatic carbocycles. The van der Waals surface area contributed by atoms with E-state index in [9.17, 15) is 9.59 Å². The highest BCUT2D eigenvalue weighted by molar-refractivity contribution is 9.10. The normalized spacial score (nSPS) is 10.5. The van der Waals surface area contributed by atoms with Gasteiger partial charge in [0, 0.05) is 16.2 Å². The summed E-state index contributed by atoms with van der Waals surface area (Å²) in [5.41, 5.74) is 1.74. The van der Waals surface area contributed by atoms with Gasteiger partial charge in [0.05, 0.1) is 12.8 Å². The van der Waals surface area contributed by atoms with Gasteiger partial charge in [-0.05, 0) is 37.1 Å². The monoisotopic (exact) mass is 350 g/mol. The molecule has 0 unspecified atom stereocenters. The molecule has 2 rings (SSSR count). The molecule has 0 bridgehead atoms.